The zero-order chi connectivity index (χ0) is 20.2. The fourth-order valence-electron chi connectivity index (χ4n) is 3.02. The molecule has 8 nitrogen and oxygen atoms in total. The summed E-state index contributed by atoms with van der Waals surface area (Å²) in [4.78, 5) is 29.4. The molecule has 2 heterocycles. The maximum Gasteiger partial charge on any atom is 0.266 e. The number of aryl methyl sites for hydroxylation is 1. The van der Waals surface area contributed by atoms with E-state index < -0.39 is 0 Å². The predicted octanol–water partition coefficient (Wildman–Crippen LogP) is 3.09. The van der Waals surface area contributed by atoms with Gasteiger partial charge < -0.3 is 14.6 Å². The Kier molecular flexibility index (Phi) is 5.07. The van der Waals surface area contributed by atoms with Crippen molar-refractivity contribution < 1.29 is 14.1 Å². The van der Waals surface area contributed by atoms with Gasteiger partial charge in [0.1, 0.15) is 23.2 Å². The zero-order valence-corrected chi connectivity index (χ0v) is 15.7. The van der Waals surface area contributed by atoms with E-state index in [1.54, 1.807) is 18.2 Å². The van der Waals surface area contributed by atoms with Crippen LogP contribution in [-0.2, 0) is 11.3 Å². The van der Waals surface area contributed by atoms with Crippen LogP contribution in [0.3, 0.4) is 0 Å². The van der Waals surface area contributed by atoms with Crippen LogP contribution in [-0.4, -0.2) is 27.7 Å². The third-order valence-corrected chi connectivity index (χ3v) is 4.47. The molecule has 0 saturated carbocycles. The van der Waals surface area contributed by atoms with Crippen LogP contribution in [0, 0.1) is 0 Å². The quantitative estimate of drug-likeness (QED) is 0.543. The summed E-state index contributed by atoms with van der Waals surface area (Å²) in [6.45, 7) is 0.169. The van der Waals surface area contributed by atoms with Crippen LogP contribution < -0.4 is 15.6 Å². The number of anilines is 1. The van der Waals surface area contributed by atoms with Crippen molar-refractivity contribution in [3.8, 4) is 17.0 Å². The van der Waals surface area contributed by atoms with Crippen molar-refractivity contribution in [1.29, 1.82) is 0 Å². The molecule has 1 N–H and O–H groups in total. The lowest BCUT2D eigenvalue weighted by Crippen LogP contribution is -2.23. The largest absolute Gasteiger partial charge is 0.495 e. The SMILES string of the molecule is COc1ccccc1NC(=O)CCn1cnc2onc(-c3ccccc3)c2c1=O. The molecular formula is C21H18N4O4. The molecule has 0 spiro atoms. The van der Waals surface area contributed by atoms with E-state index in [-0.39, 0.29) is 30.1 Å². The lowest BCUT2D eigenvalue weighted by molar-refractivity contribution is -0.116. The van der Waals surface area contributed by atoms with Crippen LogP contribution in [0.2, 0.25) is 0 Å². The summed E-state index contributed by atoms with van der Waals surface area (Å²) < 4.78 is 11.8. The number of fused-ring (bicyclic) bond motifs is 1. The summed E-state index contributed by atoms with van der Waals surface area (Å²) in [5.74, 6) is 0.327. The highest BCUT2D eigenvalue weighted by Crippen LogP contribution is 2.24. The summed E-state index contributed by atoms with van der Waals surface area (Å²) in [7, 11) is 1.54. The standard InChI is InChI=1S/C21H18N4O4/c1-28-16-10-6-5-9-15(16)23-17(26)11-12-25-13-22-20-18(21(25)27)19(24-29-20)14-7-3-2-4-8-14/h2-10,13H,11-12H2,1H3,(H,23,26). The molecule has 0 bridgehead atoms. The topological polar surface area (TPSA) is 99.2 Å². The Morgan fingerprint density at radius 2 is 1.90 bits per heavy atom. The van der Waals surface area contributed by atoms with Crippen molar-refractivity contribution in [2.24, 2.45) is 0 Å². The number of carbonyl (C=O) groups is 1. The molecule has 0 radical (unpaired) electrons. The number of para-hydroxylation sites is 2. The molecule has 2 aromatic heterocycles. The third kappa shape index (κ3) is 3.73. The second kappa shape index (κ2) is 7.97. The van der Waals surface area contributed by atoms with Crippen molar-refractivity contribution in [2.75, 3.05) is 12.4 Å². The van der Waals surface area contributed by atoms with E-state index in [1.807, 2.05) is 36.4 Å². The smallest absolute Gasteiger partial charge is 0.266 e. The Labute approximate surface area is 165 Å². The molecular weight excluding hydrogens is 372 g/mol. The second-order valence-electron chi connectivity index (χ2n) is 6.32. The number of methoxy groups -OCH3 is 1. The van der Waals surface area contributed by atoms with Crippen molar-refractivity contribution in [1.82, 2.24) is 14.7 Å². The normalized spacial score (nSPS) is 10.8. The van der Waals surface area contributed by atoms with Gasteiger partial charge >= 0.3 is 0 Å². The Bertz CT molecular complexity index is 1210. The number of carbonyl (C=O) groups excluding carboxylic acids is 1. The molecule has 0 fully saturated rings. The van der Waals surface area contributed by atoms with E-state index in [9.17, 15) is 9.59 Å². The first-order valence-corrected chi connectivity index (χ1v) is 9.00. The van der Waals surface area contributed by atoms with Gasteiger partial charge in [-0.25, -0.2) is 4.98 Å². The average Bonchev–Trinajstić information content (AvgIpc) is 3.19. The van der Waals surface area contributed by atoms with Crippen molar-refractivity contribution in [2.45, 2.75) is 13.0 Å². The van der Waals surface area contributed by atoms with Gasteiger partial charge in [0, 0.05) is 18.5 Å². The van der Waals surface area contributed by atoms with Crippen LogP contribution in [0.4, 0.5) is 5.69 Å². The van der Waals surface area contributed by atoms with Gasteiger partial charge in [-0.2, -0.15) is 0 Å². The Morgan fingerprint density at radius 1 is 1.14 bits per heavy atom. The Balaban J connectivity index is 1.55. The zero-order valence-electron chi connectivity index (χ0n) is 15.7. The van der Waals surface area contributed by atoms with E-state index in [0.717, 1.165) is 5.56 Å². The molecule has 2 aromatic carbocycles. The summed E-state index contributed by atoms with van der Waals surface area (Å²) >= 11 is 0. The maximum absolute atomic E-state index is 12.9. The van der Waals surface area contributed by atoms with Gasteiger partial charge in [0.2, 0.25) is 5.91 Å². The number of aromatic nitrogens is 3. The molecule has 0 aliphatic rings. The van der Waals surface area contributed by atoms with Crippen LogP contribution in [0.1, 0.15) is 6.42 Å². The highest BCUT2D eigenvalue weighted by molar-refractivity contribution is 5.92. The third-order valence-electron chi connectivity index (χ3n) is 4.47. The van der Waals surface area contributed by atoms with Gasteiger partial charge in [-0.3, -0.25) is 14.2 Å². The molecule has 0 atom stereocenters. The van der Waals surface area contributed by atoms with Crippen molar-refractivity contribution >= 4 is 22.7 Å². The average molecular weight is 390 g/mol. The number of hydrogen-bond donors (Lipinski definition) is 1. The van der Waals surface area contributed by atoms with Gasteiger partial charge in [-0.05, 0) is 12.1 Å². The summed E-state index contributed by atoms with van der Waals surface area (Å²) in [6.07, 6.45) is 1.46. The number of nitrogens with one attached hydrogen (secondary N) is 1. The first-order valence-electron chi connectivity index (χ1n) is 9.00. The minimum Gasteiger partial charge on any atom is -0.495 e. The Morgan fingerprint density at radius 3 is 2.69 bits per heavy atom. The van der Waals surface area contributed by atoms with Gasteiger partial charge in [-0.15, -0.1) is 0 Å². The molecule has 0 unspecified atom stereocenters. The molecule has 0 aliphatic heterocycles. The van der Waals surface area contributed by atoms with E-state index in [4.69, 9.17) is 9.26 Å². The molecule has 146 valence electrons. The molecule has 4 aromatic rings. The first kappa shape index (κ1) is 18.4. The number of nitrogens with zero attached hydrogens (tertiary/aromatic N) is 3. The van der Waals surface area contributed by atoms with Gasteiger partial charge in [0.15, 0.2) is 0 Å². The molecule has 4 rings (SSSR count). The van der Waals surface area contributed by atoms with E-state index in [1.165, 1.54) is 18.0 Å². The summed E-state index contributed by atoms with van der Waals surface area (Å²) in [5, 5.41) is 7.08. The lowest BCUT2D eigenvalue weighted by Gasteiger charge is -2.10. The highest BCUT2D eigenvalue weighted by atomic mass is 16.5. The highest BCUT2D eigenvalue weighted by Gasteiger charge is 2.17. The van der Waals surface area contributed by atoms with E-state index in [2.05, 4.69) is 15.5 Å². The number of benzene rings is 2. The second-order valence-corrected chi connectivity index (χ2v) is 6.32. The lowest BCUT2D eigenvalue weighted by atomic mass is 10.1. The van der Waals surface area contributed by atoms with Crippen molar-refractivity contribution in [3.05, 3.63) is 71.3 Å². The molecule has 1 amide bonds. The minimum atomic E-state index is -0.305. The number of hydrogen-bond acceptors (Lipinski definition) is 6. The van der Waals surface area contributed by atoms with Crippen molar-refractivity contribution in [3.63, 3.8) is 0 Å². The van der Waals surface area contributed by atoms with Crippen LogP contribution in [0.15, 0.2) is 70.2 Å². The molecule has 0 aliphatic carbocycles. The fraction of sp³-hybridized carbons (Fsp3) is 0.143. The monoisotopic (exact) mass is 390 g/mol. The van der Waals surface area contributed by atoms with E-state index >= 15 is 0 Å². The van der Waals surface area contributed by atoms with Gasteiger partial charge in [0.05, 0.1) is 12.8 Å². The predicted molar refractivity (Wildman–Crippen MR) is 108 cm³/mol. The van der Waals surface area contributed by atoms with E-state index in [0.29, 0.717) is 22.5 Å². The summed E-state index contributed by atoms with van der Waals surface area (Å²) in [6, 6.07) is 16.4. The van der Waals surface area contributed by atoms with Gasteiger partial charge in [-0.1, -0.05) is 47.6 Å². The number of rotatable bonds is 6. The fourth-order valence-corrected chi connectivity index (χ4v) is 3.02. The molecule has 29 heavy (non-hydrogen) atoms. The van der Waals surface area contributed by atoms with Crippen LogP contribution in [0.25, 0.3) is 22.4 Å². The van der Waals surface area contributed by atoms with Crippen LogP contribution in [0.5, 0.6) is 5.75 Å². The minimum absolute atomic E-state index is 0.0943. The maximum atomic E-state index is 12.9. The number of ether oxygens (including phenoxy) is 1. The van der Waals surface area contributed by atoms with Crippen LogP contribution >= 0.6 is 0 Å². The number of amides is 1. The van der Waals surface area contributed by atoms with Gasteiger partial charge in [0.25, 0.3) is 11.3 Å². The Hall–Kier alpha value is -3.94. The summed E-state index contributed by atoms with van der Waals surface area (Å²) in [5.41, 5.74) is 1.64. The molecule has 0 saturated heterocycles. The molecule has 8 heteroatoms. The first-order chi connectivity index (χ1) is 14.2.